The predicted molar refractivity (Wildman–Crippen MR) is 69.8 cm³/mol. The number of esters is 1. The standard InChI is InChI=1S/C12H14BrF2NO3/c1-2-19-12(18)3-7(17)6-16-11-4-8(13)9(14)5-10(11)15/h4-5,7,16-17H,2-3,6H2,1H3. The van der Waals surface area contributed by atoms with Crippen molar-refractivity contribution in [3.63, 3.8) is 0 Å². The summed E-state index contributed by atoms with van der Waals surface area (Å²) in [5, 5.41) is 12.1. The van der Waals surface area contributed by atoms with Crippen LogP contribution in [0, 0.1) is 11.6 Å². The van der Waals surface area contributed by atoms with Gasteiger partial charge in [-0.15, -0.1) is 0 Å². The number of halogens is 3. The lowest BCUT2D eigenvalue weighted by molar-refractivity contribution is -0.145. The van der Waals surface area contributed by atoms with Crippen molar-refractivity contribution in [3.05, 3.63) is 28.2 Å². The van der Waals surface area contributed by atoms with Crippen LogP contribution in [0.4, 0.5) is 14.5 Å². The van der Waals surface area contributed by atoms with E-state index in [9.17, 15) is 18.7 Å². The number of aliphatic hydroxyl groups excluding tert-OH is 1. The van der Waals surface area contributed by atoms with Crippen molar-refractivity contribution in [2.45, 2.75) is 19.4 Å². The largest absolute Gasteiger partial charge is 0.466 e. The molecule has 0 heterocycles. The van der Waals surface area contributed by atoms with Gasteiger partial charge in [-0.25, -0.2) is 8.78 Å². The Balaban J connectivity index is 2.52. The van der Waals surface area contributed by atoms with Crippen molar-refractivity contribution in [3.8, 4) is 0 Å². The summed E-state index contributed by atoms with van der Waals surface area (Å²) in [4.78, 5) is 11.1. The van der Waals surface area contributed by atoms with Crippen LogP contribution < -0.4 is 5.32 Å². The molecule has 0 aliphatic heterocycles. The summed E-state index contributed by atoms with van der Waals surface area (Å²) in [7, 11) is 0. The average Bonchev–Trinajstić information content (AvgIpc) is 2.32. The normalized spacial score (nSPS) is 12.1. The Bertz CT molecular complexity index is 457. The van der Waals surface area contributed by atoms with E-state index in [1.807, 2.05) is 0 Å². The maximum Gasteiger partial charge on any atom is 0.308 e. The fraction of sp³-hybridized carbons (Fsp3) is 0.417. The Morgan fingerprint density at radius 2 is 2.16 bits per heavy atom. The number of ether oxygens (including phenoxy) is 1. The van der Waals surface area contributed by atoms with E-state index in [0.29, 0.717) is 0 Å². The van der Waals surface area contributed by atoms with Crippen LogP contribution in [0.5, 0.6) is 0 Å². The van der Waals surface area contributed by atoms with E-state index in [4.69, 9.17) is 0 Å². The van der Waals surface area contributed by atoms with Crippen molar-refractivity contribution in [1.82, 2.24) is 0 Å². The highest BCUT2D eigenvalue weighted by molar-refractivity contribution is 9.10. The molecular weight excluding hydrogens is 324 g/mol. The van der Waals surface area contributed by atoms with Crippen molar-refractivity contribution in [2.24, 2.45) is 0 Å². The number of carbonyl (C=O) groups is 1. The number of nitrogens with one attached hydrogen (secondary N) is 1. The number of rotatable bonds is 6. The Morgan fingerprint density at radius 1 is 1.47 bits per heavy atom. The molecule has 0 spiro atoms. The van der Waals surface area contributed by atoms with E-state index < -0.39 is 23.7 Å². The molecule has 1 atom stereocenters. The lowest BCUT2D eigenvalue weighted by Crippen LogP contribution is -2.24. The van der Waals surface area contributed by atoms with E-state index in [1.165, 1.54) is 6.07 Å². The fourth-order valence-corrected chi connectivity index (χ4v) is 1.71. The quantitative estimate of drug-likeness (QED) is 0.618. The third-order valence-corrected chi connectivity index (χ3v) is 2.85. The zero-order valence-electron chi connectivity index (χ0n) is 10.3. The third-order valence-electron chi connectivity index (χ3n) is 2.25. The Hall–Kier alpha value is -1.21. The van der Waals surface area contributed by atoms with E-state index in [-0.39, 0.29) is 29.7 Å². The first-order chi connectivity index (χ1) is 8.93. The van der Waals surface area contributed by atoms with Gasteiger partial charge in [-0.2, -0.15) is 0 Å². The monoisotopic (exact) mass is 337 g/mol. The molecule has 7 heteroatoms. The number of carbonyl (C=O) groups excluding carboxylic acids is 1. The molecule has 0 radical (unpaired) electrons. The zero-order chi connectivity index (χ0) is 14.4. The van der Waals surface area contributed by atoms with Gasteiger partial charge >= 0.3 is 5.97 Å². The maximum absolute atomic E-state index is 13.4. The smallest absolute Gasteiger partial charge is 0.308 e. The van der Waals surface area contributed by atoms with Crippen LogP contribution >= 0.6 is 15.9 Å². The van der Waals surface area contributed by atoms with Gasteiger partial charge in [-0.05, 0) is 28.9 Å². The lowest BCUT2D eigenvalue weighted by atomic mass is 10.2. The molecule has 1 aromatic rings. The summed E-state index contributed by atoms with van der Waals surface area (Å²) in [5.41, 5.74) is 0.0381. The molecule has 1 unspecified atom stereocenters. The molecule has 0 aromatic heterocycles. The molecule has 2 N–H and O–H groups in total. The highest BCUT2D eigenvalue weighted by Gasteiger charge is 2.13. The van der Waals surface area contributed by atoms with E-state index >= 15 is 0 Å². The molecule has 106 valence electrons. The molecule has 1 rings (SSSR count). The summed E-state index contributed by atoms with van der Waals surface area (Å²) in [6, 6.07) is 1.95. The minimum atomic E-state index is -1.01. The minimum absolute atomic E-state index is 0.0381. The first-order valence-electron chi connectivity index (χ1n) is 5.66. The van der Waals surface area contributed by atoms with Gasteiger partial charge in [0.2, 0.25) is 0 Å². The first kappa shape index (κ1) is 15.8. The second-order valence-corrected chi connectivity index (χ2v) is 4.64. The van der Waals surface area contributed by atoms with Crippen molar-refractivity contribution in [1.29, 1.82) is 0 Å². The van der Waals surface area contributed by atoms with Gasteiger partial charge in [-0.3, -0.25) is 4.79 Å². The molecule has 0 aliphatic rings. The van der Waals surface area contributed by atoms with Gasteiger partial charge < -0.3 is 15.2 Å². The lowest BCUT2D eigenvalue weighted by Gasteiger charge is -2.13. The Morgan fingerprint density at radius 3 is 2.79 bits per heavy atom. The van der Waals surface area contributed by atoms with Crippen molar-refractivity contribution >= 4 is 27.6 Å². The summed E-state index contributed by atoms with van der Waals surface area (Å²) in [6.07, 6.45) is -1.20. The van der Waals surface area contributed by atoms with Gasteiger partial charge in [0.05, 0.1) is 29.3 Å². The summed E-state index contributed by atoms with van der Waals surface area (Å²) in [6.45, 7) is 1.85. The number of aliphatic hydroxyl groups is 1. The highest BCUT2D eigenvalue weighted by Crippen LogP contribution is 2.23. The van der Waals surface area contributed by atoms with E-state index in [0.717, 1.165) is 6.07 Å². The fourth-order valence-electron chi connectivity index (χ4n) is 1.37. The van der Waals surface area contributed by atoms with E-state index in [1.54, 1.807) is 6.92 Å². The van der Waals surface area contributed by atoms with Crippen LogP contribution in [0.15, 0.2) is 16.6 Å². The summed E-state index contributed by atoms with van der Waals surface area (Å²) >= 11 is 2.93. The van der Waals surface area contributed by atoms with Crippen LogP contribution in [0.25, 0.3) is 0 Å². The molecule has 0 amide bonds. The molecule has 19 heavy (non-hydrogen) atoms. The third kappa shape index (κ3) is 5.12. The predicted octanol–water partition coefficient (Wildman–Crippen LogP) is 2.45. The van der Waals surface area contributed by atoms with Gasteiger partial charge in [0.25, 0.3) is 0 Å². The van der Waals surface area contributed by atoms with Crippen LogP contribution in [0.3, 0.4) is 0 Å². The average molecular weight is 338 g/mol. The highest BCUT2D eigenvalue weighted by atomic mass is 79.9. The van der Waals surface area contributed by atoms with Gasteiger partial charge in [0.1, 0.15) is 11.6 Å². The second-order valence-electron chi connectivity index (χ2n) is 3.79. The molecule has 4 nitrogen and oxygen atoms in total. The molecule has 0 bridgehead atoms. The van der Waals surface area contributed by atoms with Crippen LogP contribution in [0.1, 0.15) is 13.3 Å². The van der Waals surface area contributed by atoms with E-state index in [2.05, 4.69) is 26.0 Å². The molecule has 0 saturated heterocycles. The summed E-state index contributed by atoms with van der Waals surface area (Å²) in [5.74, 6) is -2.02. The van der Waals surface area contributed by atoms with Crippen molar-refractivity contribution < 1.29 is 23.4 Å². The zero-order valence-corrected chi connectivity index (χ0v) is 11.8. The number of hydrogen-bond acceptors (Lipinski definition) is 4. The minimum Gasteiger partial charge on any atom is -0.466 e. The van der Waals surface area contributed by atoms with Gasteiger partial charge in [-0.1, -0.05) is 0 Å². The molecule has 0 aliphatic carbocycles. The first-order valence-corrected chi connectivity index (χ1v) is 6.45. The molecule has 1 aromatic carbocycles. The van der Waals surface area contributed by atoms with Gasteiger partial charge in [0.15, 0.2) is 0 Å². The topological polar surface area (TPSA) is 58.6 Å². The Labute approximate surface area is 117 Å². The number of benzene rings is 1. The molecular formula is C12H14BrF2NO3. The Kier molecular flexibility index (Phi) is 6.17. The SMILES string of the molecule is CCOC(=O)CC(O)CNc1cc(Br)c(F)cc1F. The second kappa shape index (κ2) is 7.40. The number of anilines is 1. The van der Waals surface area contributed by atoms with Crippen LogP contribution in [0.2, 0.25) is 0 Å². The number of hydrogen-bond donors (Lipinski definition) is 2. The van der Waals surface area contributed by atoms with Crippen molar-refractivity contribution in [2.75, 3.05) is 18.5 Å². The molecule has 0 fully saturated rings. The summed E-state index contributed by atoms with van der Waals surface area (Å²) < 4.78 is 31.1. The van der Waals surface area contributed by atoms with Gasteiger partial charge in [0, 0.05) is 12.6 Å². The van der Waals surface area contributed by atoms with Crippen LogP contribution in [-0.2, 0) is 9.53 Å². The van der Waals surface area contributed by atoms with Crippen LogP contribution in [-0.4, -0.2) is 30.3 Å². The molecule has 0 saturated carbocycles. The maximum atomic E-state index is 13.4.